The number of amides is 1. The number of nitrogens with one attached hydrogen (secondary N) is 2. The van der Waals surface area contributed by atoms with Crippen molar-refractivity contribution in [2.75, 3.05) is 32.1 Å². The highest BCUT2D eigenvalue weighted by molar-refractivity contribution is 5.95. The highest BCUT2D eigenvalue weighted by atomic mass is 16.5. The summed E-state index contributed by atoms with van der Waals surface area (Å²) in [5, 5.41) is 15.3. The smallest absolute Gasteiger partial charge is 0.246 e. The van der Waals surface area contributed by atoms with E-state index >= 15 is 0 Å². The van der Waals surface area contributed by atoms with E-state index in [0.29, 0.717) is 29.7 Å². The van der Waals surface area contributed by atoms with Gasteiger partial charge in [-0.1, -0.05) is 31.2 Å². The van der Waals surface area contributed by atoms with Gasteiger partial charge in [-0.05, 0) is 56.0 Å². The minimum atomic E-state index is -0.174. The van der Waals surface area contributed by atoms with Crippen LogP contribution < -0.4 is 20.1 Å². The second-order valence-corrected chi connectivity index (χ2v) is 9.87. The average Bonchev–Trinajstić information content (AvgIpc) is 3.41. The normalized spacial score (nSPS) is 14.1. The van der Waals surface area contributed by atoms with Crippen LogP contribution in [0.15, 0.2) is 48.9 Å². The standard InChI is InChI=1S/C28H33N7O3/c1-18(2)24-14-35(34-33-24)15-27(36)32-21-6-4-20(5-7-21)28-22-12-25(37-3)26(13-23(22)30-17-31-28)38-16-19-8-10-29-11-9-19/h4-7,12-14,17-19,29H,8-11,15-16H2,1-3H3,(H,32,36). The molecule has 0 bridgehead atoms. The quantitative estimate of drug-likeness (QED) is 0.343. The summed E-state index contributed by atoms with van der Waals surface area (Å²) in [4.78, 5) is 21.5. The Morgan fingerprint density at radius 2 is 1.92 bits per heavy atom. The third-order valence-corrected chi connectivity index (χ3v) is 6.75. The molecule has 0 aliphatic carbocycles. The maximum atomic E-state index is 12.5. The molecule has 2 N–H and O–H groups in total. The summed E-state index contributed by atoms with van der Waals surface area (Å²) in [5.74, 6) is 1.96. The van der Waals surface area contributed by atoms with Gasteiger partial charge in [0.2, 0.25) is 5.91 Å². The van der Waals surface area contributed by atoms with Gasteiger partial charge in [-0.3, -0.25) is 4.79 Å². The molecule has 3 heterocycles. The molecule has 1 amide bonds. The van der Waals surface area contributed by atoms with Crippen LogP contribution in [0.4, 0.5) is 5.69 Å². The second-order valence-electron chi connectivity index (χ2n) is 9.87. The number of carbonyl (C=O) groups is 1. The van der Waals surface area contributed by atoms with Crippen molar-refractivity contribution in [2.45, 2.75) is 39.2 Å². The van der Waals surface area contributed by atoms with Crippen molar-refractivity contribution >= 4 is 22.5 Å². The number of methoxy groups -OCH3 is 1. The van der Waals surface area contributed by atoms with E-state index in [1.807, 2.05) is 50.2 Å². The zero-order valence-electron chi connectivity index (χ0n) is 22.0. The summed E-state index contributed by atoms with van der Waals surface area (Å²) in [6.07, 6.45) is 5.57. The van der Waals surface area contributed by atoms with Crippen molar-refractivity contribution in [1.29, 1.82) is 0 Å². The molecular formula is C28H33N7O3. The minimum Gasteiger partial charge on any atom is -0.493 e. The van der Waals surface area contributed by atoms with Crippen molar-refractivity contribution in [3.8, 4) is 22.8 Å². The molecule has 198 valence electrons. The zero-order valence-corrected chi connectivity index (χ0v) is 22.0. The maximum Gasteiger partial charge on any atom is 0.246 e. The summed E-state index contributed by atoms with van der Waals surface area (Å²) >= 11 is 0. The van der Waals surface area contributed by atoms with Crippen LogP contribution in [0.3, 0.4) is 0 Å². The number of hydrogen-bond donors (Lipinski definition) is 2. The molecule has 1 aliphatic rings. The fourth-order valence-electron chi connectivity index (χ4n) is 4.54. The molecule has 10 nitrogen and oxygen atoms in total. The van der Waals surface area contributed by atoms with Crippen molar-refractivity contribution in [1.82, 2.24) is 30.3 Å². The van der Waals surface area contributed by atoms with Gasteiger partial charge < -0.3 is 20.1 Å². The lowest BCUT2D eigenvalue weighted by Crippen LogP contribution is -2.30. The predicted octanol–water partition coefficient (Wildman–Crippen LogP) is 4.04. The lowest BCUT2D eigenvalue weighted by Gasteiger charge is -2.23. The second kappa shape index (κ2) is 11.6. The van der Waals surface area contributed by atoms with Crippen molar-refractivity contribution in [3.63, 3.8) is 0 Å². The van der Waals surface area contributed by atoms with Crippen LogP contribution in [0, 0.1) is 5.92 Å². The molecule has 4 aromatic rings. The van der Waals surface area contributed by atoms with Crippen LogP contribution in [0.2, 0.25) is 0 Å². The summed E-state index contributed by atoms with van der Waals surface area (Å²) in [6.45, 7) is 6.89. The van der Waals surface area contributed by atoms with Gasteiger partial charge in [0.05, 0.1) is 30.6 Å². The first-order valence-electron chi connectivity index (χ1n) is 13.0. The van der Waals surface area contributed by atoms with Crippen LogP contribution in [0.25, 0.3) is 22.2 Å². The molecule has 2 aromatic heterocycles. The highest BCUT2D eigenvalue weighted by Gasteiger charge is 2.17. The Morgan fingerprint density at radius 1 is 1.13 bits per heavy atom. The number of hydrogen-bond acceptors (Lipinski definition) is 8. The summed E-state index contributed by atoms with van der Waals surface area (Å²) < 4.78 is 13.4. The van der Waals surface area contributed by atoms with Gasteiger partial charge in [-0.15, -0.1) is 5.10 Å². The zero-order chi connectivity index (χ0) is 26.5. The molecular weight excluding hydrogens is 482 g/mol. The van der Waals surface area contributed by atoms with Gasteiger partial charge in [0.15, 0.2) is 11.5 Å². The van der Waals surface area contributed by atoms with Gasteiger partial charge in [-0.25, -0.2) is 14.6 Å². The van der Waals surface area contributed by atoms with E-state index in [0.717, 1.165) is 53.8 Å². The number of carbonyl (C=O) groups excluding carboxylic acids is 1. The van der Waals surface area contributed by atoms with E-state index in [1.54, 1.807) is 24.3 Å². The number of aromatic nitrogens is 5. The van der Waals surface area contributed by atoms with Crippen molar-refractivity contribution in [3.05, 3.63) is 54.6 Å². The first kappa shape index (κ1) is 25.6. The largest absolute Gasteiger partial charge is 0.493 e. The Balaban J connectivity index is 1.30. The molecule has 0 atom stereocenters. The molecule has 2 aromatic carbocycles. The van der Waals surface area contributed by atoms with Gasteiger partial charge >= 0.3 is 0 Å². The van der Waals surface area contributed by atoms with Gasteiger partial charge in [-0.2, -0.15) is 0 Å². The Bertz CT molecular complexity index is 1400. The lowest BCUT2D eigenvalue weighted by atomic mass is 9.99. The van der Waals surface area contributed by atoms with E-state index in [1.165, 1.54) is 0 Å². The topological polar surface area (TPSA) is 116 Å². The molecule has 1 saturated heterocycles. The van der Waals surface area contributed by atoms with Gasteiger partial charge in [0.1, 0.15) is 12.9 Å². The predicted molar refractivity (Wildman–Crippen MR) is 145 cm³/mol. The third-order valence-electron chi connectivity index (χ3n) is 6.75. The maximum absolute atomic E-state index is 12.5. The number of piperidine rings is 1. The van der Waals surface area contributed by atoms with E-state index in [2.05, 4.69) is 30.9 Å². The first-order chi connectivity index (χ1) is 18.5. The van der Waals surface area contributed by atoms with Crippen LogP contribution in [0.1, 0.15) is 38.3 Å². The third kappa shape index (κ3) is 5.91. The number of nitrogens with zero attached hydrogens (tertiary/aromatic N) is 5. The fraction of sp³-hybridized carbons (Fsp3) is 0.393. The monoisotopic (exact) mass is 515 g/mol. The van der Waals surface area contributed by atoms with Crippen LogP contribution in [0.5, 0.6) is 11.5 Å². The molecule has 0 radical (unpaired) electrons. The van der Waals surface area contributed by atoms with Crippen LogP contribution >= 0.6 is 0 Å². The molecule has 5 rings (SSSR count). The van der Waals surface area contributed by atoms with Crippen molar-refractivity contribution in [2.24, 2.45) is 5.92 Å². The SMILES string of the molecule is COc1cc2c(-c3ccc(NC(=O)Cn4cc(C(C)C)nn4)cc3)ncnc2cc1OCC1CCNCC1. The summed E-state index contributed by atoms with van der Waals surface area (Å²) in [7, 11) is 1.64. The minimum absolute atomic E-state index is 0.0971. The lowest BCUT2D eigenvalue weighted by molar-refractivity contribution is -0.116. The van der Waals surface area contributed by atoms with E-state index in [-0.39, 0.29) is 18.4 Å². The Morgan fingerprint density at radius 3 is 2.63 bits per heavy atom. The number of anilines is 1. The highest BCUT2D eigenvalue weighted by Crippen LogP contribution is 2.36. The Hall–Kier alpha value is -4.05. The molecule has 38 heavy (non-hydrogen) atoms. The summed E-state index contributed by atoms with van der Waals surface area (Å²) in [5.41, 5.74) is 4.00. The molecule has 0 unspecified atom stereocenters. The number of rotatable bonds is 9. The molecule has 1 fully saturated rings. The summed E-state index contributed by atoms with van der Waals surface area (Å²) in [6, 6.07) is 11.4. The van der Waals surface area contributed by atoms with Crippen LogP contribution in [-0.4, -0.2) is 57.7 Å². The van der Waals surface area contributed by atoms with Crippen LogP contribution in [-0.2, 0) is 11.3 Å². The van der Waals surface area contributed by atoms with E-state index in [9.17, 15) is 4.79 Å². The molecule has 10 heteroatoms. The van der Waals surface area contributed by atoms with Gasteiger partial charge in [0, 0.05) is 28.9 Å². The molecule has 0 spiro atoms. The number of ether oxygens (including phenoxy) is 2. The molecule has 0 saturated carbocycles. The van der Waals surface area contributed by atoms with Gasteiger partial charge in [0.25, 0.3) is 0 Å². The number of fused-ring (bicyclic) bond motifs is 1. The average molecular weight is 516 g/mol. The Labute approximate surface area is 221 Å². The van der Waals surface area contributed by atoms with E-state index < -0.39 is 0 Å². The van der Waals surface area contributed by atoms with Crippen molar-refractivity contribution < 1.29 is 14.3 Å². The van der Waals surface area contributed by atoms with E-state index in [4.69, 9.17) is 9.47 Å². The fourth-order valence-corrected chi connectivity index (χ4v) is 4.54. The number of benzene rings is 2. The molecule has 1 aliphatic heterocycles. The Kier molecular flexibility index (Phi) is 7.78. The first-order valence-corrected chi connectivity index (χ1v) is 13.0.